The van der Waals surface area contributed by atoms with Crippen molar-refractivity contribution in [2.75, 3.05) is 27.9 Å². The molecule has 7 atom stereocenters. The Kier molecular flexibility index (Phi) is 4.91. The molecule has 2 rings (SSSR count). The molecular formula is C13H24O8. The lowest BCUT2D eigenvalue weighted by atomic mass is 9.94. The van der Waals surface area contributed by atoms with Crippen LogP contribution in [0.2, 0.25) is 0 Å². The topological polar surface area (TPSA) is 95.8 Å². The van der Waals surface area contributed by atoms with E-state index in [9.17, 15) is 10.2 Å². The average Bonchev–Trinajstić information content (AvgIpc) is 2.50. The molecule has 21 heavy (non-hydrogen) atoms. The minimum Gasteiger partial charge on any atom is -0.394 e. The minimum absolute atomic E-state index is 0.305. The van der Waals surface area contributed by atoms with Crippen molar-refractivity contribution in [3.8, 4) is 0 Å². The summed E-state index contributed by atoms with van der Waals surface area (Å²) in [6.45, 7) is 3.02. The molecule has 0 saturated carbocycles. The summed E-state index contributed by atoms with van der Waals surface area (Å²) in [4.78, 5) is 0. The van der Waals surface area contributed by atoms with Crippen molar-refractivity contribution in [1.82, 2.24) is 0 Å². The van der Waals surface area contributed by atoms with Gasteiger partial charge in [0.05, 0.1) is 6.61 Å². The van der Waals surface area contributed by atoms with E-state index in [2.05, 4.69) is 0 Å². The van der Waals surface area contributed by atoms with E-state index in [1.807, 2.05) is 0 Å². The normalized spacial score (nSPS) is 50.7. The van der Waals surface area contributed by atoms with Crippen LogP contribution in [0, 0.1) is 0 Å². The van der Waals surface area contributed by atoms with Gasteiger partial charge >= 0.3 is 0 Å². The first-order valence-corrected chi connectivity index (χ1v) is 6.79. The molecule has 2 saturated heterocycles. The van der Waals surface area contributed by atoms with E-state index >= 15 is 0 Å². The molecule has 2 fully saturated rings. The molecule has 2 heterocycles. The molecule has 0 aromatic carbocycles. The van der Waals surface area contributed by atoms with E-state index in [0.717, 1.165) is 0 Å². The standard InChI is InChI=1S/C13H24O8/c1-12(17-4)13(2,18-5)21-10-8(15)11(16-3)19-7(6-14)9(10)20-12/h7-11,14-15H,6H2,1-5H3/t7-,8+,9-,10-,11+,12?,13?/m1/s1. The second kappa shape index (κ2) is 6.05. The molecule has 0 aromatic rings. The van der Waals surface area contributed by atoms with Crippen LogP contribution in [-0.2, 0) is 28.4 Å². The summed E-state index contributed by atoms with van der Waals surface area (Å²) in [6, 6.07) is 0. The summed E-state index contributed by atoms with van der Waals surface area (Å²) < 4.78 is 33.2. The summed E-state index contributed by atoms with van der Waals surface area (Å²) in [7, 11) is 4.33. The van der Waals surface area contributed by atoms with Gasteiger partial charge in [-0.2, -0.15) is 0 Å². The van der Waals surface area contributed by atoms with Gasteiger partial charge in [-0.05, 0) is 13.8 Å². The predicted molar refractivity (Wildman–Crippen MR) is 69.3 cm³/mol. The Morgan fingerprint density at radius 1 is 1.00 bits per heavy atom. The van der Waals surface area contributed by atoms with Crippen LogP contribution >= 0.6 is 0 Å². The fourth-order valence-electron chi connectivity index (χ4n) is 2.71. The SMILES string of the molecule is CO[C@H]1O[C@H](CO)[C@H]2OC(C)(OC)C(C)(OC)O[C@@H]2[C@@H]1O. The Labute approximate surface area is 123 Å². The minimum atomic E-state index is -1.24. The highest BCUT2D eigenvalue weighted by Crippen LogP contribution is 2.43. The van der Waals surface area contributed by atoms with Crippen LogP contribution < -0.4 is 0 Å². The van der Waals surface area contributed by atoms with E-state index in [0.29, 0.717) is 0 Å². The molecule has 0 amide bonds. The number of hydrogen-bond donors (Lipinski definition) is 2. The van der Waals surface area contributed by atoms with Gasteiger partial charge in [-0.3, -0.25) is 0 Å². The van der Waals surface area contributed by atoms with Crippen LogP contribution in [0.25, 0.3) is 0 Å². The lowest BCUT2D eigenvalue weighted by Gasteiger charge is -2.56. The number of ether oxygens (including phenoxy) is 6. The lowest BCUT2D eigenvalue weighted by molar-refractivity contribution is -0.479. The Morgan fingerprint density at radius 2 is 1.52 bits per heavy atom. The van der Waals surface area contributed by atoms with Crippen LogP contribution in [0.15, 0.2) is 0 Å². The Hall–Kier alpha value is -0.320. The molecule has 0 aromatic heterocycles. The Balaban J connectivity index is 2.33. The van der Waals surface area contributed by atoms with Crippen molar-refractivity contribution in [3.63, 3.8) is 0 Å². The summed E-state index contributed by atoms with van der Waals surface area (Å²) >= 11 is 0. The van der Waals surface area contributed by atoms with Gasteiger partial charge in [0.2, 0.25) is 11.6 Å². The highest BCUT2D eigenvalue weighted by molar-refractivity contribution is 4.99. The third kappa shape index (κ3) is 2.60. The highest BCUT2D eigenvalue weighted by Gasteiger charge is 2.62. The van der Waals surface area contributed by atoms with Gasteiger partial charge in [-0.15, -0.1) is 0 Å². The third-order valence-corrected chi connectivity index (χ3v) is 4.35. The largest absolute Gasteiger partial charge is 0.394 e. The van der Waals surface area contributed by atoms with Crippen molar-refractivity contribution in [2.45, 2.75) is 56.1 Å². The monoisotopic (exact) mass is 308 g/mol. The number of aliphatic hydroxyl groups excluding tert-OH is 2. The predicted octanol–water partition coefficient (Wildman–Crippen LogP) is -0.780. The number of aliphatic hydroxyl groups is 2. The zero-order chi connectivity index (χ0) is 15.8. The van der Waals surface area contributed by atoms with E-state index in [-0.39, 0.29) is 6.61 Å². The first-order valence-electron chi connectivity index (χ1n) is 6.79. The smallest absolute Gasteiger partial charge is 0.220 e. The fraction of sp³-hybridized carbons (Fsp3) is 1.00. The molecule has 2 aliphatic rings. The van der Waals surface area contributed by atoms with Gasteiger partial charge in [0.25, 0.3) is 0 Å². The maximum absolute atomic E-state index is 10.3. The van der Waals surface area contributed by atoms with Gasteiger partial charge in [0, 0.05) is 21.3 Å². The Morgan fingerprint density at radius 3 is 1.95 bits per heavy atom. The van der Waals surface area contributed by atoms with Gasteiger partial charge in [-0.1, -0.05) is 0 Å². The first-order chi connectivity index (χ1) is 9.85. The summed E-state index contributed by atoms with van der Waals surface area (Å²) in [5, 5.41) is 19.8. The van der Waals surface area contributed by atoms with E-state index in [1.165, 1.54) is 21.3 Å². The first kappa shape index (κ1) is 17.0. The molecule has 2 aliphatic heterocycles. The van der Waals surface area contributed by atoms with E-state index in [4.69, 9.17) is 28.4 Å². The molecule has 0 bridgehead atoms. The summed E-state index contributed by atoms with van der Waals surface area (Å²) in [5.74, 6) is -2.46. The second-order valence-electron chi connectivity index (χ2n) is 5.42. The molecule has 124 valence electrons. The van der Waals surface area contributed by atoms with Gasteiger partial charge < -0.3 is 38.6 Å². The van der Waals surface area contributed by atoms with Crippen molar-refractivity contribution in [1.29, 1.82) is 0 Å². The van der Waals surface area contributed by atoms with Crippen LogP contribution in [0.1, 0.15) is 13.8 Å². The highest BCUT2D eigenvalue weighted by atomic mass is 16.8. The molecule has 0 spiro atoms. The van der Waals surface area contributed by atoms with Gasteiger partial charge in [0.15, 0.2) is 6.29 Å². The molecule has 0 radical (unpaired) electrons. The van der Waals surface area contributed by atoms with E-state index < -0.39 is 42.3 Å². The molecule has 2 unspecified atom stereocenters. The number of fused-ring (bicyclic) bond motifs is 1. The summed E-state index contributed by atoms with van der Waals surface area (Å²) in [6.07, 6.45) is -4.21. The lowest BCUT2D eigenvalue weighted by Crippen LogP contribution is -2.73. The molecule has 0 aliphatic carbocycles. The van der Waals surface area contributed by atoms with Crippen LogP contribution in [0.5, 0.6) is 0 Å². The van der Waals surface area contributed by atoms with Crippen molar-refractivity contribution >= 4 is 0 Å². The quantitative estimate of drug-likeness (QED) is 0.698. The Bertz CT molecular complexity index is 366. The zero-order valence-corrected chi connectivity index (χ0v) is 12.9. The fourth-order valence-corrected chi connectivity index (χ4v) is 2.71. The second-order valence-corrected chi connectivity index (χ2v) is 5.42. The summed E-state index contributed by atoms with van der Waals surface area (Å²) in [5.41, 5.74) is 0. The maximum Gasteiger partial charge on any atom is 0.220 e. The third-order valence-electron chi connectivity index (χ3n) is 4.35. The number of methoxy groups -OCH3 is 3. The number of hydrogen-bond acceptors (Lipinski definition) is 8. The van der Waals surface area contributed by atoms with Crippen molar-refractivity contribution in [3.05, 3.63) is 0 Å². The average molecular weight is 308 g/mol. The number of rotatable bonds is 4. The maximum atomic E-state index is 10.3. The van der Waals surface area contributed by atoms with Crippen LogP contribution in [-0.4, -0.2) is 80.4 Å². The van der Waals surface area contributed by atoms with Gasteiger partial charge in [0.1, 0.15) is 24.4 Å². The van der Waals surface area contributed by atoms with Gasteiger partial charge in [-0.25, -0.2) is 0 Å². The molecule has 8 nitrogen and oxygen atoms in total. The van der Waals surface area contributed by atoms with E-state index in [1.54, 1.807) is 13.8 Å². The molecule has 2 N–H and O–H groups in total. The van der Waals surface area contributed by atoms with Crippen molar-refractivity contribution in [2.24, 2.45) is 0 Å². The van der Waals surface area contributed by atoms with Crippen LogP contribution in [0.3, 0.4) is 0 Å². The molecule has 8 heteroatoms. The van der Waals surface area contributed by atoms with Crippen LogP contribution in [0.4, 0.5) is 0 Å². The van der Waals surface area contributed by atoms with Crippen molar-refractivity contribution < 1.29 is 38.6 Å². The molecular weight excluding hydrogens is 284 g/mol. The zero-order valence-electron chi connectivity index (χ0n) is 12.9.